The van der Waals surface area contributed by atoms with Gasteiger partial charge in [0.25, 0.3) is 0 Å². The molecule has 4 aliphatic carbocycles. The van der Waals surface area contributed by atoms with Crippen LogP contribution in [0.3, 0.4) is 0 Å². The zero-order valence-corrected chi connectivity index (χ0v) is 19.5. The molecule has 0 amide bonds. The summed E-state index contributed by atoms with van der Waals surface area (Å²) < 4.78 is 11.9. The third-order valence-corrected chi connectivity index (χ3v) is 8.58. The molecule has 4 heteroatoms. The molecule has 0 spiro atoms. The zero-order valence-electron chi connectivity index (χ0n) is 18.7. The Morgan fingerprint density at radius 1 is 0.968 bits per heavy atom. The molecule has 0 heterocycles. The summed E-state index contributed by atoms with van der Waals surface area (Å²) in [6.07, 6.45) is 8.72. The maximum absolute atomic E-state index is 6.33. The van der Waals surface area contributed by atoms with Crippen LogP contribution in [0.15, 0.2) is 42.5 Å². The Bertz CT molecular complexity index is 892. The lowest BCUT2D eigenvalue weighted by Gasteiger charge is -2.59. The average Bonchev–Trinajstić information content (AvgIpc) is 2.76. The van der Waals surface area contributed by atoms with Crippen LogP contribution in [0.25, 0.3) is 0 Å². The van der Waals surface area contributed by atoms with E-state index in [-0.39, 0.29) is 0 Å². The smallest absolute Gasteiger partial charge is 0.166 e. The van der Waals surface area contributed by atoms with Crippen LogP contribution < -0.4 is 14.8 Å². The number of hydrogen-bond donors (Lipinski definition) is 1. The third kappa shape index (κ3) is 4.19. The highest BCUT2D eigenvalue weighted by molar-refractivity contribution is 6.31. The number of nitrogens with one attached hydrogen (secondary N) is 1. The molecule has 2 aromatic rings. The first-order valence-corrected chi connectivity index (χ1v) is 12.2. The summed E-state index contributed by atoms with van der Waals surface area (Å²) in [5, 5.41) is 4.62. The summed E-state index contributed by atoms with van der Waals surface area (Å²) in [4.78, 5) is 0. The molecule has 4 fully saturated rings. The molecule has 1 N–H and O–H groups in total. The van der Waals surface area contributed by atoms with Crippen molar-refractivity contribution in [3.8, 4) is 11.5 Å². The van der Waals surface area contributed by atoms with Crippen LogP contribution in [0.5, 0.6) is 11.5 Å². The number of ether oxygens (including phenoxy) is 2. The van der Waals surface area contributed by atoms with Gasteiger partial charge in [0.15, 0.2) is 11.5 Å². The number of para-hydroxylation sites is 1. The van der Waals surface area contributed by atoms with Gasteiger partial charge in [0.05, 0.1) is 7.11 Å². The van der Waals surface area contributed by atoms with Gasteiger partial charge in [-0.2, -0.15) is 0 Å². The van der Waals surface area contributed by atoms with Gasteiger partial charge >= 0.3 is 0 Å². The van der Waals surface area contributed by atoms with Crippen LogP contribution in [-0.2, 0) is 13.2 Å². The molecule has 6 rings (SSSR count). The fraction of sp³-hybridized carbons (Fsp3) is 0.556. The second-order valence-corrected chi connectivity index (χ2v) is 10.6. The van der Waals surface area contributed by atoms with Crippen molar-refractivity contribution in [3.05, 3.63) is 58.6 Å². The van der Waals surface area contributed by atoms with Gasteiger partial charge in [-0.25, -0.2) is 0 Å². The lowest BCUT2D eigenvalue weighted by atomic mass is 9.48. The summed E-state index contributed by atoms with van der Waals surface area (Å²) in [5.41, 5.74) is 2.62. The van der Waals surface area contributed by atoms with Crippen molar-refractivity contribution in [2.24, 2.45) is 23.2 Å². The highest BCUT2D eigenvalue weighted by Crippen LogP contribution is 2.61. The molecule has 31 heavy (non-hydrogen) atoms. The minimum atomic E-state index is 0.428. The topological polar surface area (TPSA) is 30.5 Å². The van der Waals surface area contributed by atoms with Crippen LogP contribution in [-0.4, -0.2) is 13.2 Å². The molecule has 4 bridgehead atoms. The van der Waals surface area contributed by atoms with E-state index in [2.05, 4.69) is 18.3 Å². The lowest BCUT2D eigenvalue weighted by Crippen LogP contribution is -2.54. The lowest BCUT2D eigenvalue weighted by molar-refractivity contribution is -0.0706. The molecule has 0 radical (unpaired) electrons. The largest absolute Gasteiger partial charge is 0.493 e. The van der Waals surface area contributed by atoms with E-state index in [1.807, 2.05) is 36.4 Å². The van der Waals surface area contributed by atoms with Crippen molar-refractivity contribution in [2.75, 3.05) is 7.11 Å². The fourth-order valence-corrected chi connectivity index (χ4v) is 7.17. The Labute approximate surface area is 191 Å². The molecule has 1 atom stereocenters. The SMILES string of the molecule is COc1cccc(CN[C@@H](C)C23CC4CC(CC(C4)C2)C3)c1OCc1ccccc1Cl. The van der Waals surface area contributed by atoms with Gasteiger partial charge in [-0.15, -0.1) is 0 Å². The Morgan fingerprint density at radius 3 is 2.26 bits per heavy atom. The van der Waals surface area contributed by atoms with Gasteiger partial charge < -0.3 is 14.8 Å². The quantitative estimate of drug-likeness (QED) is 0.501. The first kappa shape index (κ1) is 21.2. The standard InChI is InChI=1S/C27H34ClNO2/c1-18(27-13-19-10-20(14-27)12-21(11-19)15-27)29-16-22-7-5-9-25(30-2)26(22)31-17-23-6-3-4-8-24(23)28/h3-9,18-21,29H,10-17H2,1-2H3/t18-,19?,20?,21?,27?/m0/s1. The molecule has 0 saturated heterocycles. The number of benzene rings is 2. The highest BCUT2D eigenvalue weighted by atomic mass is 35.5. The molecule has 2 aromatic carbocycles. The summed E-state index contributed by atoms with van der Waals surface area (Å²) >= 11 is 6.33. The van der Waals surface area contributed by atoms with Gasteiger partial charge in [0.1, 0.15) is 6.61 Å². The maximum Gasteiger partial charge on any atom is 0.166 e. The van der Waals surface area contributed by atoms with E-state index in [0.717, 1.165) is 51.9 Å². The summed E-state index contributed by atoms with van der Waals surface area (Å²) in [6.45, 7) is 3.63. The van der Waals surface area contributed by atoms with E-state index in [1.165, 1.54) is 38.5 Å². The second kappa shape index (κ2) is 8.67. The van der Waals surface area contributed by atoms with E-state index in [9.17, 15) is 0 Å². The second-order valence-electron chi connectivity index (χ2n) is 10.2. The summed E-state index contributed by atoms with van der Waals surface area (Å²) in [5.74, 6) is 4.51. The first-order valence-electron chi connectivity index (χ1n) is 11.8. The van der Waals surface area contributed by atoms with Gasteiger partial charge in [-0.05, 0) is 80.8 Å². The Balaban J connectivity index is 1.29. The molecule has 166 valence electrons. The van der Waals surface area contributed by atoms with E-state index in [4.69, 9.17) is 21.1 Å². The third-order valence-electron chi connectivity index (χ3n) is 8.21. The Hall–Kier alpha value is -1.71. The number of halogens is 1. The molecule has 4 aliphatic rings. The van der Waals surface area contributed by atoms with Crippen molar-refractivity contribution < 1.29 is 9.47 Å². The molecule has 0 unspecified atom stereocenters. The Kier molecular flexibility index (Phi) is 5.92. The fourth-order valence-electron chi connectivity index (χ4n) is 6.98. The predicted octanol–water partition coefficient (Wildman–Crippen LogP) is 6.62. The number of rotatable bonds is 8. The molecular formula is C27H34ClNO2. The van der Waals surface area contributed by atoms with Crippen LogP contribution >= 0.6 is 11.6 Å². The average molecular weight is 440 g/mol. The van der Waals surface area contributed by atoms with E-state index >= 15 is 0 Å². The van der Waals surface area contributed by atoms with E-state index in [0.29, 0.717) is 18.1 Å². The van der Waals surface area contributed by atoms with Crippen molar-refractivity contribution in [1.29, 1.82) is 0 Å². The van der Waals surface area contributed by atoms with Crippen molar-refractivity contribution in [2.45, 2.75) is 64.6 Å². The number of hydrogen-bond acceptors (Lipinski definition) is 3. The van der Waals surface area contributed by atoms with Crippen LogP contribution in [0.2, 0.25) is 5.02 Å². The predicted molar refractivity (Wildman–Crippen MR) is 126 cm³/mol. The first-order chi connectivity index (χ1) is 15.1. The van der Waals surface area contributed by atoms with Gasteiger partial charge in [-0.1, -0.05) is 41.9 Å². The maximum atomic E-state index is 6.33. The van der Waals surface area contributed by atoms with Crippen LogP contribution in [0.1, 0.15) is 56.6 Å². The zero-order chi connectivity index (χ0) is 21.4. The van der Waals surface area contributed by atoms with Gasteiger partial charge in [-0.3, -0.25) is 0 Å². The molecule has 4 saturated carbocycles. The minimum Gasteiger partial charge on any atom is -0.493 e. The molecular weight excluding hydrogens is 406 g/mol. The Morgan fingerprint density at radius 2 is 1.61 bits per heavy atom. The van der Waals surface area contributed by atoms with Crippen molar-refractivity contribution in [3.63, 3.8) is 0 Å². The van der Waals surface area contributed by atoms with E-state index in [1.54, 1.807) is 7.11 Å². The normalized spacial score (nSPS) is 29.7. The monoisotopic (exact) mass is 439 g/mol. The van der Waals surface area contributed by atoms with E-state index < -0.39 is 0 Å². The summed E-state index contributed by atoms with van der Waals surface area (Å²) in [7, 11) is 1.70. The van der Waals surface area contributed by atoms with Crippen molar-refractivity contribution >= 4 is 11.6 Å². The highest BCUT2D eigenvalue weighted by Gasteiger charge is 2.52. The van der Waals surface area contributed by atoms with Gasteiger partial charge in [0.2, 0.25) is 0 Å². The molecule has 3 nitrogen and oxygen atoms in total. The number of methoxy groups -OCH3 is 1. The van der Waals surface area contributed by atoms with Gasteiger partial charge in [0, 0.05) is 28.7 Å². The molecule has 0 aliphatic heterocycles. The molecule has 0 aromatic heterocycles. The minimum absolute atomic E-state index is 0.428. The van der Waals surface area contributed by atoms with Crippen LogP contribution in [0, 0.1) is 23.2 Å². The van der Waals surface area contributed by atoms with Crippen LogP contribution in [0.4, 0.5) is 0 Å². The summed E-state index contributed by atoms with van der Waals surface area (Å²) in [6, 6.07) is 14.5. The van der Waals surface area contributed by atoms with Crippen molar-refractivity contribution in [1.82, 2.24) is 5.32 Å².